The number of aromatic nitrogens is 4. The fourth-order valence-corrected chi connectivity index (χ4v) is 1.63. The molecule has 0 aromatic carbocycles. The Morgan fingerprint density at radius 2 is 2.19 bits per heavy atom. The summed E-state index contributed by atoms with van der Waals surface area (Å²) in [6, 6.07) is -0.665. The van der Waals surface area contributed by atoms with Gasteiger partial charge in [0.1, 0.15) is 0 Å². The van der Waals surface area contributed by atoms with E-state index in [2.05, 4.69) is 15.5 Å². The summed E-state index contributed by atoms with van der Waals surface area (Å²) in [5, 5.41) is 20.4. The van der Waals surface area contributed by atoms with Gasteiger partial charge in [-0.3, -0.25) is 0 Å². The molecule has 0 spiro atoms. The summed E-state index contributed by atoms with van der Waals surface area (Å²) >= 11 is 0. The van der Waals surface area contributed by atoms with Gasteiger partial charge in [0.2, 0.25) is 0 Å². The van der Waals surface area contributed by atoms with Crippen LogP contribution in [0.2, 0.25) is 0 Å². The number of carbonyl (C=O) groups is 1. The molecule has 0 fully saturated rings. The van der Waals surface area contributed by atoms with Crippen LogP contribution < -0.4 is 0 Å². The highest BCUT2D eigenvalue weighted by atomic mass is 16.4. The van der Waals surface area contributed by atoms with Crippen molar-refractivity contribution in [3.05, 3.63) is 5.82 Å². The first-order chi connectivity index (χ1) is 7.61. The predicted molar refractivity (Wildman–Crippen MR) is 57.9 cm³/mol. The summed E-state index contributed by atoms with van der Waals surface area (Å²) < 4.78 is 1.44. The van der Waals surface area contributed by atoms with Crippen LogP contribution >= 0.6 is 0 Å². The van der Waals surface area contributed by atoms with E-state index in [1.54, 1.807) is 0 Å². The van der Waals surface area contributed by atoms with E-state index in [1.165, 1.54) is 4.68 Å². The molecular weight excluding hydrogens is 208 g/mol. The Bertz CT molecular complexity index is 350. The van der Waals surface area contributed by atoms with Crippen LogP contribution in [0.25, 0.3) is 0 Å². The van der Waals surface area contributed by atoms with Crippen LogP contribution in [-0.2, 0) is 11.2 Å². The van der Waals surface area contributed by atoms with E-state index in [9.17, 15) is 9.90 Å². The van der Waals surface area contributed by atoms with Gasteiger partial charge in [0.25, 0.3) is 0 Å². The lowest BCUT2D eigenvalue weighted by Crippen LogP contribution is -2.28. The van der Waals surface area contributed by atoms with Crippen LogP contribution in [-0.4, -0.2) is 31.3 Å². The van der Waals surface area contributed by atoms with Crippen LogP contribution in [0.5, 0.6) is 0 Å². The van der Waals surface area contributed by atoms with Gasteiger partial charge in [0, 0.05) is 6.42 Å². The number of aliphatic carboxylic acids is 1. The third-order valence-corrected chi connectivity index (χ3v) is 2.73. The van der Waals surface area contributed by atoms with Gasteiger partial charge in [-0.1, -0.05) is 27.2 Å². The monoisotopic (exact) mass is 226 g/mol. The molecule has 6 heteroatoms. The quantitative estimate of drug-likeness (QED) is 0.790. The summed E-state index contributed by atoms with van der Waals surface area (Å²) in [5.41, 5.74) is 0. The molecule has 2 atom stereocenters. The van der Waals surface area contributed by atoms with Gasteiger partial charge in [-0.05, 0) is 22.8 Å². The van der Waals surface area contributed by atoms with Gasteiger partial charge in [-0.15, -0.1) is 5.10 Å². The van der Waals surface area contributed by atoms with Gasteiger partial charge < -0.3 is 5.11 Å². The minimum absolute atomic E-state index is 0.0107. The summed E-state index contributed by atoms with van der Waals surface area (Å²) in [6.45, 7) is 5.87. The SMILES string of the molecule is CCCc1nnnn1C(C(=O)O)C(C)CC. The summed E-state index contributed by atoms with van der Waals surface area (Å²) in [6.07, 6.45) is 2.38. The molecule has 1 aromatic rings. The first kappa shape index (κ1) is 12.6. The van der Waals surface area contributed by atoms with Gasteiger partial charge in [-0.2, -0.15) is 0 Å². The lowest BCUT2D eigenvalue weighted by molar-refractivity contribution is -0.143. The summed E-state index contributed by atoms with van der Waals surface area (Å²) in [4.78, 5) is 11.2. The number of carboxylic acids is 1. The molecule has 90 valence electrons. The number of carboxylic acid groups (broad SMARTS) is 1. The Morgan fingerprint density at radius 3 is 2.69 bits per heavy atom. The van der Waals surface area contributed by atoms with Crippen molar-refractivity contribution in [2.24, 2.45) is 5.92 Å². The first-order valence-corrected chi connectivity index (χ1v) is 5.61. The largest absolute Gasteiger partial charge is 0.480 e. The van der Waals surface area contributed by atoms with Crippen molar-refractivity contribution < 1.29 is 9.90 Å². The zero-order valence-corrected chi connectivity index (χ0v) is 9.92. The van der Waals surface area contributed by atoms with E-state index < -0.39 is 12.0 Å². The Hall–Kier alpha value is -1.46. The molecule has 2 unspecified atom stereocenters. The number of nitrogens with zero attached hydrogens (tertiary/aromatic N) is 4. The van der Waals surface area contributed by atoms with E-state index in [1.807, 2.05) is 20.8 Å². The highest BCUT2D eigenvalue weighted by molar-refractivity contribution is 5.72. The maximum Gasteiger partial charge on any atom is 0.328 e. The second-order valence-corrected chi connectivity index (χ2v) is 3.96. The van der Waals surface area contributed by atoms with Crippen molar-refractivity contribution in [3.8, 4) is 0 Å². The molecule has 0 saturated carbocycles. The fraction of sp³-hybridized carbons (Fsp3) is 0.800. The molecule has 0 aliphatic heterocycles. The Balaban J connectivity index is 3.01. The standard InChI is InChI=1S/C10H18N4O2/c1-4-6-8-11-12-13-14(8)9(10(15)16)7(3)5-2/h7,9H,4-6H2,1-3H3,(H,15,16). The molecule has 0 aliphatic carbocycles. The van der Waals surface area contributed by atoms with Gasteiger partial charge in [0.05, 0.1) is 0 Å². The van der Waals surface area contributed by atoms with Crippen molar-refractivity contribution in [3.63, 3.8) is 0 Å². The fourth-order valence-electron chi connectivity index (χ4n) is 1.63. The number of hydrogen-bond donors (Lipinski definition) is 1. The second kappa shape index (κ2) is 5.58. The lowest BCUT2D eigenvalue weighted by atomic mass is 9.99. The molecule has 0 aliphatic rings. The predicted octanol–water partition coefficient (Wildman–Crippen LogP) is 1.30. The van der Waals surface area contributed by atoms with Crippen molar-refractivity contribution in [1.29, 1.82) is 0 Å². The lowest BCUT2D eigenvalue weighted by Gasteiger charge is -2.19. The van der Waals surface area contributed by atoms with Crippen LogP contribution in [0.1, 0.15) is 45.5 Å². The van der Waals surface area contributed by atoms with Crippen LogP contribution in [0, 0.1) is 5.92 Å². The second-order valence-electron chi connectivity index (χ2n) is 3.96. The minimum atomic E-state index is -0.876. The highest BCUT2D eigenvalue weighted by Crippen LogP contribution is 2.21. The van der Waals surface area contributed by atoms with E-state index in [0.29, 0.717) is 12.2 Å². The number of aryl methyl sites for hydroxylation is 1. The number of rotatable bonds is 6. The third kappa shape index (κ3) is 2.56. The van der Waals surface area contributed by atoms with Gasteiger partial charge >= 0.3 is 5.97 Å². The first-order valence-electron chi connectivity index (χ1n) is 5.61. The molecule has 1 aromatic heterocycles. The van der Waals surface area contributed by atoms with Crippen molar-refractivity contribution >= 4 is 5.97 Å². The van der Waals surface area contributed by atoms with Crippen LogP contribution in [0.3, 0.4) is 0 Å². The zero-order valence-electron chi connectivity index (χ0n) is 9.92. The van der Waals surface area contributed by atoms with Crippen molar-refractivity contribution in [1.82, 2.24) is 20.2 Å². The number of hydrogen-bond acceptors (Lipinski definition) is 4. The summed E-state index contributed by atoms with van der Waals surface area (Å²) in [7, 11) is 0. The minimum Gasteiger partial charge on any atom is -0.480 e. The molecule has 16 heavy (non-hydrogen) atoms. The molecule has 0 radical (unpaired) electrons. The van der Waals surface area contributed by atoms with E-state index in [-0.39, 0.29) is 5.92 Å². The zero-order chi connectivity index (χ0) is 12.1. The molecule has 0 bridgehead atoms. The van der Waals surface area contributed by atoms with E-state index in [4.69, 9.17) is 0 Å². The molecular formula is C10H18N4O2. The molecule has 1 N–H and O–H groups in total. The van der Waals surface area contributed by atoms with Crippen LogP contribution in [0.4, 0.5) is 0 Å². The number of tetrazole rings is 1. The van der Waals surface area contributed by atoms with Crippen molar-refractivity contribution in [2.75, 3.05) is 0 Å². The molecule has 1 heterocycles. The smallest absolute Gasteiger partial charge is 0.328 e. The topological polar surface area (TPSA) is 80.9 Å². The Morgan fingerprint density at radius 1 is 1.50 bits per heavy atom. The van der Waals surface area contributed by atoms with Gasteiger partial charge in [-0.25, -0.2) is 9.48 Å². The normalized spacial score (nSPS) is 14.7. The average Bonchev–Trinajstić information content (AvgIpc) is 2.66. The van der Waals surface area contributed by atoms with Crippen molar-refractivity contribution in [2.45, 2.75) is 46.1 Å². The Labute approximate surface area is 94.7 Å². The Kier molecular flexibility index (Phi) is 4.39. The maximum atomic E-state index is 11.2. The molecule has 6 nitrogen and oxygen atoms in total. The van der Waals surface area contributed by atoms with E-state index in [0.717, 1.165) is 12.8 Å². The molecule has 0 saturated heterocycles. The average molecular weight is 226 g/mol. The van der Waals surface area contributed by atoms with E-state index >= 15 is 0 Å². The molecule has 0 amide bonds. The highest BCUT2D eigenvalue weighted by Gasteiger charge is 2.28. The summed E-state index contributed by atoms with van der Waals surface area (Å²) in [5.74, 6) is -0.217. The van der Waals surface area contributed by atoms with Gasteiger partial charge in [0.15, 0.2) is 11.9 Å². The van der Waals surface area contributed by atoms with Crippen LogP contribution in [0.15, 0.2) is 0 Å². The third-order valence-electron chi connectivity index (χ3n) is 2.73. The maximum absolute atomic E-state index is 11.2. The molecule has 1 rings (SSSR count).